The summed E-state index contributed by atoms with van der Waals surface area (Å²) in [4.78, 5) is 62.9. The molecule has 0 bridgehead atoms. The molecule has 15 heteroatoms. The molecule has 1 aromatic rings. The Kier molecular flexibility index (Phi) is 15.1. The van der Waals surface area contributed by atoms with Gasteiger partial charge >= 0.3 is 5.97 Å². The lowest BCUT2D eigenvalue weighted by Gasteiger charge is -2.26. The number of ether oxygens (including phenoxy) is 1. The van der Waals surface area contributed by atoms with Crippen molar-refractivity contribution in [3.05, 3.63) is 42.0 Å². The second kappa shape index (κ2) is 18.2. The zero-order valence-electron chi connectivity index (χ0n) is 26.1. The lowest BCUT2D eigenvalue weighted by molar-refractivity contribution is -0.137. The Morgan fingerprint density at radius 2 is 1.73 bits per heavy atom. The molecule has 0 unspecified atom stereocenters. The van der Waals surface area contributed by atoms with E-state index in [1.165, 1.54) is 25.1 Å². The van der Waals surface area contributed by atoms with E-state index in [-0.39, 0.29) is 37.3 Å². The number of amides is 4. The maximum Gasteiger partial charge on any atom is 0.330 e. The Hall–Kier alpha value is -3.82. The number of primary amides is 1. The molecule has 0 spiro atoms. The lowest BCUT2D eigenvalue weighted by atomic mass is 10.1. The van der Waals surface area contributed by atoms with Crippen molar-refractivity contribution in [3.63, 3.8) is 0 Å². The second-order valence-corrected chi connectivity index (χ2v) is 12.8. The van der Waals surface area contributed by atoms with E-state index in [9.17, 15) is 32.4 Å². The smallest absolute Gasteiger partial charge is 0.330 e. The number of aryl methyl sites for hydroxylation is 1. The van der Waals surface area contributed by atoms with Gasteiger partial charge in [0.2, 0.25) is 33.7 Å². The van der Waals surface area contributed by atoms with Gasteiger partial charge in [-0.25, -0.2) is 13.2 Å². The largest absolute Gasteiger partial charge is 0.463 e. The number of benzene rings is 1. The first-order valence-electron chi connectivity index (χ1n) is 15.1. The first kappa shape index (κ1) is 37.4. The Morgan fingerprint density at radius 3 is 2.36 bits per heavy atom. The van der Waals surface area contributed by atoms with Gasteiger partial charge in [-0.05, 0) is 78.0 Å². The summed E-state index contributed by atoms with van der Waals surface area (Å²) < 4.78 is 32.6. The number of carbonyl (C=O) groups is 5. The highest BCUT2D eigenvalue weighted by Gasteiger charge is 2.40. The number of hydrogen-bond donors (Lipinski definition) is 5. The summed E-state index contributed by atoms with van der Waals surface area (Å²) >= 11 is 0. The van der Waals surface area contributed by atoms with E-state index in [1.807, 2.05) is 6.92 Å². The molecule has 2 rings (SSSR count). The molecule has 4 atom stereocenters. The maximum atomic E-state index is 13.3. The van der Waals surface area contributed by atoms with Crippen LogP contribution in [0, 0.1) is 6.92 Å². The highest BCUT2D eigenvalue weighted by Crippen LogP contribution is 2.26. The molecule has 4 amide bonds. The normalized spacial score (nSPS) is 17.3. The minimum absolute atomic E-state index is 0.0663. The van der Waals surface area contributed by atoms with Crippen molar-refractivity contribution < 1.29 is 37.1 Å². The second-order valence-electron chi connectivity index (χ2n) is 10.9. The number of rotatable bonds is 18. The molecule has 14 nitrogen and oxygen atoms in total. The molecular formula is C30H46N6O8S. The number of nitrogens with two attached hydrogens (primary N) is 2. The van der Waals surface area contributed by atoms with Crippen LogP contribution >= 0.6 is 0 Å². The molecule has 1 fully saturated rings. The summed E-state index contributed by atoms with van der Waals surface area (Å²) in [6.07, 6.45) is 4.67. The average molecular weight is 651 g/mol. The van der Waals surface area contributed by atoms with E-state index in [2.05, 4.69) is 16.0 Å². The highest BCUT2D eigenvalue weighted by atomic mass is 32.2. The van der Waals surface area contributed by atoms with Gasteiger partial charge in [-0.15, -0.1) is 0 Å². The third-order valence-electron chi connectivity index (χ3n) is 7.25. The number of nitrogens with one attached hydrogen (secondary N) is 3. The quantitative estimate of drug-likeness (QED) is 0.0827. The van der Waals surface area contributed by atoms with Gasteiger partial charge in [0, 0.05) is 25.1 Å². The number of hydrogen-bond acceptors (Lipinski definition) is 9. The van der Waals surface area contributed by atoms with Crippen molar-refractivity contribution in [2.75, 3.05) is 19.7 Å². The van der Waals surface area contributed by atoms with Gasteiger partial charge in [-0.2, -0.15) is 4.31 Å². The number of unbranched alkanes of at least 4 members (excludes halogenated alkanes) is 1. The van der Waals surface area contributed by atoms with Gasteiger partial charge in [0.15, 0.2) is 0 Å². The van der Waals surface area contributed by atoms with Gasteiger partial charge in [0.25, 0.3) is 0 Å². The van der Waals surface area contributed by atoms with Crippen molar-refractivity contribution in [3.8, 4) is 0 Å². The fourth-order valence-electron chi connectivity index (χ4n) is 4.75. The first-order valence-corrected chi connectivity index (χ1v) is 16.6. The third-order valence-corrected chi connectivity index (χ3v) is 9.17. The number of sulfonamides is 1. The Balaban J connectivity index is 2.11. The van der Waals surface area contributed by atoms with Crippen LogP contribution < -0.4 is 27.4 Å². The molecule has 1 aliphatic heterocycles. The van der Waals surface area contributed by atoms with Crippen LogP contribution in [0.5, 0.6) is 0 Å². The van der Waals surface area contributed by atoms with Crippen molar-refractivity contribution in [1.82, 2.24) is 20.3 Å². The van der Waals surface area contributed by atoms with Crippen LogP contribution in [0.1, 0.15) is 64.4 Å². The standard InChI is InChI=1S/C30H46N6O8S/c1-4-44-27(38)17-13-22(12-16-26(32)37)34-29(40)24(8-5-6-18-31)35-28(39)21(3)33-30(41)25-9-7-19-36(25)45(42,43)23-14-10-20(2)11-15-23/h10-11,13-15,17,21-22,24-25H,4-9,12,16,18-19,31H2,1-3H3,(H2,32,37)(H,33,41)(H,34,40)(H,35,39)/b17-13+/t21-,22-,24-,25-/m0/s1. The summed E-state index contributed by atoms with van der Waals surface area (Å²) in [5.74, 6) is -3.07. The fourth-order valence-corrected chi connectivity index (χ4v) is 6.41. The number of esters is 1. The zero-order valence-corrected chi connectivity index (χ0v) is 26.9. The third kappa shape index (κ3) is 11.9. The summed E-state index contributed by atoms with van der Waals surface area (Å²) in [6, 6.07) is 2.48. The molecule has 0 aromatic heterocycles. The monoisotopic (exact) mass is 650 g/mol. The van der Waals surface area contributed by atoms with Crippen LogP contribution in [0.3, 0.4) is 0 Å². The van der Waals surface area contributed by atoms with E-state index < -0.39 is 63.8 Å². The molecule has 0 saturated carbocycles. The van der Waals surface area contributed by atoms with Crippen molar-refractivity contribution in [2.24, 2.45) is 11.5 Å². The van der Waals surface area contributed by atoms with Gasteiger partial charge in [0.05, 0.1) is 11.5 Å². The van der Waals surface area contributed by atoms with E-state index >= 15 is 0 Å². The molecule has 7 N–H and O–H groups in total. The van der Waals surface area contributed by atoms with Crippen LogP contribution in [-0.4, -0.2) is 86.2 Å². The molecule has 0 radical (unpaired) electrons. The molecule has 1 heterocycles. The first-order chi connectivity index (χ1) is 21.3. The predicted molar refractivity (Wildman–Crippen MR) is 167 cm³/mol. The van der Waals surface area contributed by atoms with Gasteiger partial charge in [-0.3, -0.25) is 19.2 Å². The average Bonchev–Trinajstić information content (AvgIpc) is 3.49. The van der Waals surface area contributed by atoms with Crippen molar-refractivity contribution in [1.29, 1.82) is 0 Å². The summed E-state index contributed by atoms with van der Waals surface area (Å²) in [6.45, 7) is 5.63. The van der Waals surface area contributed by atoms with Gasteiger partial charge < -0.3 is 32.2 Å². The molecule has 1 aliphatic rings. The van der Waals surface area contributed by atoms with Crippen LogP contribution in [0.25, 0.3) is 0 Å². The SMILES string of the molecule is CCOC(=O)/C=C/[C@H](CCC(N)=O)NC(=O)[C@H](CCCCN)NC(=O)[C@H](C)NC(=O)[C@@H]1CCCN1S(=O)(=O)c1ccc(C)cc1. The van der Waals surface area contributed by atoms with Gasteiger partial charge in [-0.1, -0.05) is 23.8 Å². The highest BCUT2D eigenvalue weighted by molar-refractivity contribution is 7.89. The van der Waals surface area contributed by atoms with Crippen LogP contribution in [-0.2, 0) is 38.7 Å². The van der Waals surface area contributed by atoms with Crippen molar-refractivity contribution >= 4 is 39.6 Å². The minimum Gasteiger partial charge on any atom is -0.463 e. The fraction of sp³-hybridized carbons (Fsp3) is 0.567. The van der Waals surface area contributed by atoms with Gasteiger partial charge in [0.1, 0.15) is 18.1 Å². The summed E-state index contributed by atoms with van der Waals surface area (Å²) in [5.41, 5.74) is 11.8. The molecule has 0 aliphatic carbocycles. The lowest BCUT2D eigenvalue weighted by Crippen LogP contribution is -2.56. The minimum atomic E-state index is -3.94. The van der Waals surface area contributed by atoms with E-state index in [0.29, 0.717) is 32.2 Å². The molecule has 45 heavy (non-hydrogen) atoms. The van der Waals surface area contributed by atoms with Crippen LogP contribution in [0.2, 0.25) is 0 Å². The Morgan fingerprint density at radius 1 is 1.04 bits per heavy atom. The Bertz CT molecular complexity index is 1320. The van der Waals surface area contributed by atoms with Crippen LogP contribution in [0.4, 0.5) is 0 Å². The summed E-state index contributed by atoms with van der Waals surface area (Å²) in [5, 5.41) is 7.97. The van der Waals surface area contributed by atoms with E-state index in [0.717, 1.165) is 15.9 Å². The van der Waals surface area contributed by atoms with Crippen LogP contribution in [0.15, 0.2) is 41.3 Å². The number of nitrogens with zero attached hydrogens (tertiary/aromatic N) is 1. The zero-order chi connectivity index (χ0) is 33.6. The van der Waals surface area contributed by atoms with Crippen molar-refractivity contribution in [2.45, 2.75) is 94.8 Å². The summed E-state index contributed by atoms with van der Waals surface area (Å²) in [7, 11) is -3.94. The Labute approximate surface area is 264 Å². The molecule has 1 aromatic carbocycles. The maximum absolute atomic E-state index is 13.3. The van der Waals surface area contributed by atoms with E-state index in [1.54, 1.807) is 19.1 Å². The molecule has 250 valence electrons. The topological polar surface area (TPSA) is 220 Å². The number of carbonyl (C=O) groups excluding carboxylic acids is 5. The molecular weight excluding hydrogens is 604 g/mol. The van der Waals surface area contributed by atoms with E-state index in [4.69, 9.17) is 16.2 Å². The molecule has 1 saturated heterocycles. The predicted octanol–water partition coefficient (Wildman–Crippen LogP) is 0.136.